The molecule has 0 aliphatic heterocycles. The Kier molecular flexibility index (Phi) is 3.48. The number of hydrogen-bond acceptors (Lipinski definition) is 1. The van der Waals surface area contributed by atoms with Gasteiger partial charge < -0.3 is 10.6 Å². The molecule has 0 saturated heterocycles. The van der Waals surface area contributed by atoms with Crippen molar-refractivity contribution in [3.05, 3.63) is 29.3 Å². The van der Waals surface area contributed by atoms with Crippen LogP contribution < -0.4 is 10.6 Å². The molecule has 0 heterocycles. The van der Waals surface area contributed by atoms with Gasteiger partial charge in [0.05, 0.1) is 5.54 Å². The molecular weight excluding hydrogens is 296 g/mol. The van der Waals surface area contributed by atoms with E-state index in [0.29, 0.717) is 12.1 Å². The van der Waals surface area contributed by atoms with Crippen molar-refractivity contribution < 1.29 is 10.1 Å². The molecule has 24 heavy (non-hydrogen) atoms. The van der Waals surface area contributed by atoms with Crippen LogP contribution in [0.1, 0.15) is 56.1 Å². The number of amides is 1. The Labute approximate surface area is 144 Å². The van der Waals surface area contributed by atoms with Gasteiger partial charge in [-0.05, 0) is 79.5 Å². The first-order chi connectivity index (χ1) is 11.7. The van der Waals surface area contributed by atoms with Gasteiger partial charge >= 0.3 is 0 Å². The van der Waals surface area contributed by atoms with Gasteiger partial charge in [0, 0.05) is 24.9 Å². The summed E-state index contributed by atoms with van der Waals surface area (Å²) < 4.78 is 0. The smallest absolute Gasteiger partial charge is 0.279 e. The van der Waals surface area contributed by atoms with Crippen LogP contribution in [-0.4, -0.2) is 18.0 Å². The minimum atomic E-state index is 0.170. The molecule has 4 saturated carbocycles. The SMILES string of the molecule is O=C(C[NH2+]C12CC3CC(CC(C3)C1)C2)Nc1ccc2c(c1)CCC2. The zero-order valence-electron chi connectivity index (χ0n) is 14.5. The topological polar surface area (TPSA) is 45.7 Å². The van der Waals surface area contributed by atoms with Crippen molar-refractivity contribution in [2.45, 2.75) is 63.3 Å². The molecule has 6 rings (SSSR count). The van der Waals surface area contributed by atoms with Gasteiger partial charge in [-0.25, -0.2) is 0 Å². The largest absolute Gasteiger partial charge is 0.334 e. The first-order valence-electron chi connectivity index (χ1n) is 9.93. The average molecular weight is 325 g/mol. The van der Waals surface area contributed by atoms with Crippen LogP contribution in [0.3, 0.4) is 0 Å². The third-order valence-electron chi connectivity index (χ3n) is 7.19. The van der Waals surface area contributed by atoms with E-state index in [4.69, 9.17) is 0 Å². The van der Waals surface area contributed by atoms with Crippen LogP contribution in [0.5, 0.6) is 0 Å². The van der Waals surface area contributed by atoms with Crippen molar-refractivity contribution in [3.63, 3.8) is 0 Å². The molecule has 1 aromatic rings. The fourth-order valence-electron chi connectivity index (χ4n) is 6.60. The third kappa shape index (κ3) is 2.67. The van der Waals surface area contributed by atoms with Crippen LogP contribution in [0.15, 0.2) is 18.2 Å². The highest BCUT2D eigenvalue weighted by Gasteiger charge is 2.53. The maximum Gasteiger partial charge on any atom is 0.279 e. The van der Waals surface area contributed by atoms with Gasteiger partial charge in [-0.2, -0.15) is 0 Å². The summed E-state index contributed by atoms with van der Waals surface area (Å²) in [6.07, 6.45) is 12.1. The van der Waals surface area contributed by atoms with Crippen molar-refractivity contribution in [2.24, 2.45) is 17.8 Å². The summed E-state index contributed by atoms with van der Waals surface area (Å²) in [6, 6.07) is 6.46. The van der Waals surface area contributed by atoms with E-state index in [0.717, 1.165) is 23.4 Å². The summed E-state index contributed by atoms with van der Waals surface area (Å²) >= 11 is 0. The van der Waals surface area contributed by atoms with E-state index in [2.05, 4.69) is 28.8 Å². The monoisotopic (exact) mass is 325 g/mol. The Bertz CT molecular complexity index is 631. The van der Waals surface area contributed by atoms with Crippen molar-refractivity contribution in [3.8, 4) is 0 Å². The normalized spacial score (nSPS) is 35.9. The summed E-state index contributed by atoms with van der Waals surface area (Å²) in [4.78, 5) is 12.5. The molecule has 5 aliphatic rings. The second-order valence-corrected chi connectivity index (χ2v) is 9.07. The number of nitrogens with two attached hydrogens (primary N) is 1. The van der Waals surface area contributed by atoms with Gasteiger partial charge in [-0.3, -0.25) is 4.79 Å². The van der Waals surface area contributed by atoms with Gasteiger partial charge in [0.1, 0.15) is 0 Å². The number of hydrogen-bond donors (Lipinski definition) is 2. The molecule has 5 aliphatic carbocycles. The highest BCUT2D eigenvalue weighted by atomic mass is 16.1. The van der Waals surface area contributed by atoms with Crippen LogP contribution in [0.4, 0.5) is 5.69 Å². The van der Waals surface area contributed by atoms with E-state index >= 15 is 0 Å². The van der Waals surface area contributed by atoms with Crippen LogP contribution in [0.25, 0.3) is 0 Å². The Morgan fingerprint density at radius 1 is 1.04 bits per heavy atom. The first-order valence-corrected chi connectivity index (χ1v) is 9.93. The standard InChI is InChI=1S/C21H28N2O/c24-20(23-19-5-4-17-2-1-3-18(17)9-19)13-22-21-10-14-6-15(11-21)8-16(7-14)12-21/h4-5,9,14-16,22H,1-3,6-8,10-13H2,(H,23,24)/p+1. The lowest BCUT2D eigenvalue weighted by atomic mass is 9.53. The minimum Gasteiger partial charge on any atom is -0.334 e. The Hall–Kier alpha value is -1.35. The molecule has 0 aromatic heterocycles. The number of carbonyl (C=O) groups is 1. The van der Waals surface area contributed by atoms with Gasteiger partial charge in [0.25, 0.3) is 5.91 Å². The Balaban J connectivity index is 1.20. The minimum absolute atomic E-state index is 0.170. The van der Waals surface area contributed by atoms with Crippen LogP contribution >= 0.6 is 0 Å². The van der Waals surface area contributed by atoms with Gasteiger partial charge in [-0.1, -0.05) is 6.07 Å². The number of quaternary nitrogens is 1. The number of rotatable bonds is 4. The molecule has 3 nitrogen and oxygen atoms in total. The lowest BCUT2D eigenvalue weighted by Gasteiger charge is -2.54. The van der Waals surface area contributed by atoms with Crippen LogP contribution in [0.2, 0.25) is 0 Å². The van der Waals surface area contributed by atoms with Crippen molar-refractivity contribution in [1.29, 1.82) is 0 Å². The second-order valence-electron chi connectivity index (χ2n) is 9.07. The number of anilines is 1. The van der Waals surface area contributed by atoms with E-state index < -0.39 is 0 Å². The molecule has 4 fully saturated rings. The Morgan fingerprint density at radius 3 is 2.42 bits per heavy atom. The fourth-order valence-corrected chi connectivity index (χ4v) is 6.60. The highest BCUT2D eigenvalue weighted by molar-refractivity contribution is 5.91. The van der Waals surface area contributed by atoms with E-state index in [1.807, 2.05) is 0 Å². The molecule has 0 spiro atoms. The van der Waals surface area contributed by atoms with Crippen molar-refractivity contribution >= 4 is 11.6 Å². The van der Waals surface area contributed by atoms with Gasteiger partial charge in [0.2, 0.25) is 0 Å². The summed E-state index contributed by atoms with van der Waals surface area (Å²) in [7, 11) is 0. The van der Waals surface area contributed by atoms with E-state index in [1.165, 1.54) is 68.9 Å². The maximum absolute atomic E-state index is 12.5. The number of fused-ring (bicyclic) bond motifs is 1. The molecule has 0 radical (unpaired) electrons. The van der Waals surface area contributed by atoms with Crippen molar-refractivity contribution in [2.75, 3.05) is 11.9 Å². The zero-order valence-corrected chi connectivity index (χ0v) is 14.5. The maximum atomic E-state index is 12.5. The number of nitrogens with one attached hydrogen (secondary N) is 1. The predicted octanol–water partition coefficient (Wildman–Crippen LogP) is 2.65. The molecule has 0 atom stereocenters. The van der Waals surface area contributed by atoms with Crippen molar-refractivity contribution in [1.82, 2.24) is 0 Å². The Morgan fingerprint density at radius 2 is 1.71 bits per heavy atom. The molecule has 3 N–H and O–H groups in total. The van der Waals surface area contributed by atoms with Gasteiger partial charge in [0.15, 0.2) is 6.54 Å². The zero-order chi connectivity index (χ0) is 16.1. The number of carbonyl (C=O) groups excluding carboxylic acids is 1. The summed E-state index contributed by atoms with van der Waals surface area (Å²) in [6.45, 7) is 0.587. The summed E-state index contributed by atoms with van der Waals surface area (Å²) in [5, 5.41) is 5.54. The molecular formula is C21H29N2O+. The van der Waals surface area contributed by atoms with E-state index in [1.54, 1.807) is 0 Å². The van der Waals surface area contributed by atoms with Crippen LogP contribution in [0, 0.1) is 17.8 Å². The predicted molar refractivity (Wildman–Crippen MR) is 94.8 cm³/mol. The lowest BCUT2D eigenvalue weighted by molar-refractivity contribution is -0.729. The van der Waals surface area contributed by atoms with E-state index in [9.17, 15) is 4.79 Å². The fraction of sp³-hybridized carbons (Fsp3) is 0.667. The summed E-state index contributed by atoms with van der Waals surface area (Å²) in [5.74, 6) is 3.02. The van der Waals surface area contributed by atoms with E-state index in [-0.39, 0.29) is 5.91 Å². The molecule has 4 bridgehead atoms. The number of benzene rings is 1. The quantitative estimate of drug-likeness (QED) is 0.878. The highest BCUT2D eigenvalue weighted by Crippen LogP contribution is 2.54. The second kappa shape index (κ2) is 5.59. The lowest BCUT2D eigenvalue weighted by Crippen LogP contribution is -3.00. The van der Waals surface area contributed by atoms with Crippen LogP contribution in [-0.2, 0) is 17.6 Å². The molecule has 3 heteroatoms. The molecule has 128 valence electrons. The summed E-state index contributed by atoms with van der Waals surface area (Å²) in [5.41, 5.74) is 4.27. The molecule has 1 amide bonds. The van der Waals surface area contributed by atoms with Gasteiger partial charge in [-0.15, -0.1) is 0 Å². The first kappa shape index (κ1) is 14.9. The number of aryl methyl sites for hydroxylation is 2. The molecule has 0 unspecified atom stereocenters. The average Bonchev–Trinajstić information content (AvgIpc) is 2.99. The molecule has 1 aromatic carbocycles. The third-order valence-corrected chi connectivity index (χ3v) is 7.19.